The van der Waals surface area contributed by atoms with Crippen molar-refractivity contribution >= 4 is 5.69 Å². The lowest BCUT2D eigenvalue weighted by Gasteiger charge is -2.14. The molecule has 4 nitrogen and oxygen atoms in total. The zero-order valence-corrected chi connectivity index (χ0v) is 10.6. The first-order valence-corrected chi connectivity index (χ1v) is 5.81. The predicted molar refractivity (Wildman–Crippen MR) is 67.2 cm³/mol. The van der Waals surface area contributed by atoms with Crippen LogP contribution in [0.4, 0.5) is 18.9 Å². The molecule has 1 N–H and O–H groups in total. The standard InChI is InChI=1S/C13H12F3N3O/c1-9-17-7-6-10(19-9)8-18-11-4-2-3-5-12(11)20-13(14,15)16/h2-7,18H,8H2,1H3. The summed E-state index contributed by atoms with van der Waals surface area (Å²) in [6.07, 6.45) is -3.12. The number of hydrogen-bond acceptors (Lipinski definition) is 4. The lowest BCUT2D eigenvalue weighted by Crippen LogP contribution is -2.18. The largest absolute Gasteiger partial charge is 0.573 e. The minimum Gasteiger partial charge on any atom is -0.404 e. The number of aromatic nitrogens is 2. The molecule has 2 rings (SSSR count). The smallest absolute Gasteiger partial charge is 0.404 e. The molecule has 1 aromatic carbocycles. The highest BCUT2D eigenvalue weighted by molar-refractivity contribution is 5.56. The Morgan fingerprint density at radius 1 is 1.20 bits per heavy atom. The third-order valence-corrected chi connectivity index (χ3v) is 2.41. The van der Waals surface area contributed by atoms with Gasteiger partial charge in [-0.05, 0) is 25.1 Å². The number of nitrogens with zero attached hydrogens (tertiary/aromatic N) is 2. The molecule has 7 heteroatoms. The number of rotatable bonds is 4. The Kier molecular flexibility index (Phi) is 4.07. The number of alkyl halides is 3. The number of benzene rings is 1. The number of anilines is 1. The van der Waals surface area contributed by atoms with Gasteiger partial charge in [0.05, 0.1) is 17.9 Å². The lowest BCUT2D eigenvalue weighted by atomic mass is 10.3. The van der Waals surface area contributed by atoms with E-state index >= 15 is 0 Å². The first kappa shape index (κ1) is 14.1. The van der Waals surface area contributed by atoms with Gasteiger partial charge in [0.1, 0.15) is 5.82 Å². The third kappa shape index (κ3) is 4.11. The zero-order chi connectivity index (χ0) is 14.6. The van der Waals surface area contributed by atoms with Crippen LogP contribution < -0.4 is 10.1 Å². The Labute approximate surface area is 113 Å². The summed E-state index contributed by atoms with van der Waals surface area (Å²) in [6.45, 7) is 2.02. The van der Waals surface area contributed by atoms with Crippen molar-refractivity contribution in [3.63, 3.8) is 0 Å². The predicted octanol–water partition coefficient (Wildman–Crippen LogP) is 3.30. The van der Waals surface area contributed by atoms with E-state index < -0.39 is 6.36 Å². The second kappa shape index (κ2) is 5.77. The molecule has 2 aromatic rings. The molecule has 0 amide bonds. The van der Waals surface area contributed by atoms with Gasteiger partial charge in [-0.15, -0.1) is 13.2 Å². The van der Waals surface area contributed by atoms with Gasteiger partial charge < -0.3 is 10.1 Å². The molecule has 0 unspecified atom stereocenters. The summed E-state index contributed by atoms with van der Waals surface area (Å²) in [5, 5.41) is 2.86. The van der Waals surface area contributed by atoms with Crippen molar-refractivity contribution in [3.8, 4) is 5.75 Å². The molecule has 20 heavy (non-hydrogen) atoms. The van der Waals surface area contributed by atoms with E-state index in [1.54, 1.807) is 25.3 Å². The molecule has 0 aliphatic carbocycles. The Bertz CT molecular complexity index is 587. The summed E-state index contributed by atoms with van der Waals surface area (Å²) in [6, 6.07) is 7.54. The molecule has 1 heterocycles. The van der Waals surface area contributed by atoms with Crippen molar-refractivity contribution in [1.29, 1.82) is 0 Å². The second-order valence-electron chi connectivity index (χ2n) is 3.99. The highest BCUT2D eigenvalue weighted by Gasteiger charge is 2.32. The summed E-state index contributed by atoms with van der Waals surface area (Å²) in [5.74, 6) is 0.329. The minimum atomic E-state index is -4.72. The van der Waals surface area contributed by atoms with Crippen molar-refractivity contribution in [2.24, 2.45) is 0 Å². The van der Waals surface area contributed by atoms with E-state index in [4.69, 9.17) is 0 Å². The normalized spacial score (nSPS) is 11.2. The zero-order valence-electron chi connectivity index (χ0n) is 10.6. The Morgan fingerprint density at radius 2 is 1.95 bits per heavy atom. The highest BCUT2D eigenvalue weighted by atomic mass is 19.4. The van der Waals surface area contributed by atoms with Gasteiger partial charge in [0.2, 0.25) is 0 Å². The Balaban J connectivity index is 2.09. The summed E-state index contributed by atoms with van der Waals surface area (Å²) in [4.78, 5) is 8.10. The monoisotopic (exact) mass is 283 g/mol. The lowest BCUT2D eigenvalue weighted by molar-refractivity contribution is -0.274. The fraction of sp³-hybridized carbons (Fsp3) is 0.231. The molecular formula is C13H12F3N3O. The van der Waals surface area contributed by atoms with Crippen LogP contribution in [0.2, 0.25) is 0 Å². The van der Waals surface area contributed by atoms with E-state index in [1.807, 2.05) is 0 Å². The number of halogens is 3. The summed E-state index contributed by atoms with van der Waals surface area (Å²) in [5.41, 5.74) is 0.931. The maximum absolute atomic E-state index is 12.3. The van der Waals surface area contributed by atoms with Gasteiger partial charge in [0.15, 0.2) is 5.75 Å². The quantitative estimate of drug-likeness (QED) is 0.935. The van der Waals surface area contributed by atoms with Crippen LogP contribution in [0.15, 0.2) is 36.5 Å². The topological polar surface area (TPSA) is 47.0 Å². The second-order valence-corrected chi connectivity index (χ2v) is 3.99. The molecule has 0 saturated heterocycles. The SMILES string of the molecule is Cc1nccc(CNc2ccccc2OC(F)(F)F)n1. The van der Waals surface area contributed by atoms with Gasteiger partial charge in [0, 0.05) is 6.20 Å². The van der Waals surface area contributed by atoms with Crippen LogP contribution in [0.25, 0.3) is 0 Å². The van der Waals surface area contributed by atoms with Gasteiger partial charge in [-0.2, -0.15) is 0 Å². The van der Waals surface area contributed by atoms with Gasteiger partial charge in [-0.3, -0.25) is 0 Å². The molecule has 0 fully saturated rings. The molecule has 0 spiro atoms. The summed E-state index contributed by atoms with van der Waals surface area (Å²) >= 11 is 0. The maximum atomic E-state index is 12.3. The van der Waals surface area contributed by atoms with Gasteiger partial charge >= 0.3 is 6.36 Å². The Morgan fingerprint density at radius 3 is 2.65 bits per heavy atom. The number of hydrogen-bond donors (Lipinski definition) is 1. The molecule has 0 radical (unpaired) electrons. The molecule has 0 aliphatic heterocycles. The first-order valence-electron chi connectivity index (χ1n) is 5.81. The summed E-state index contributed by atoms with van der Waals surface area (Å²) < 4.78 is 40.8. The van der Waals surface area contributed by atoms with Gasteiger partial charge in [0.25, 0.3) is 0 Å². The maximum Gasteiger partial charge on any atom is 0.573 e. The van der Waals surface area contributed by atoms with Crippen LogP contribution >= 0.6 is 0 Å². The molecule has 106 valence electrons. The number of ether oxygens (including phenoxy) is 1. The van der Waals surface area contributed by atoms with Crippen LogP contribution in [0, 0.1) is 6.92 Å². The minimum absolute atomic E-state index is 0.251. The molecule has 0 bridgehead atoms. The number of aryl methyl sites for hydroxylation is 1. The van der Waals surface area contributed by atoms with Crippen LogP contribution in [0.5, 0.6) is 5.75 Å². The van der Waals surface area contributed by atoms with Crippen LogP contribution in [-0.4, -0.2) is 16.3 Å². The third-order valence-electron chi connectivity index (χ3n) is 2.41. The fourth-order valence-corrected chi connectivity index (χ4v) is 1.62. The average molecular weight is 283 g/mol. The van der Waals surface area contributed by atoms with Crippen molar-refractivity contribution in [3.05, 3.63) is 48.0 Å². The van der Waals surface area contributed by atoms with Crippen molar-refractivity contribution < 1.29 is 17.9 Å². The van der Waals surface area contributed by atoms with Crippen molar-refractivity contribution in [2.75, 3.05) is 5.32 Å². The van der Waals surface area contributed by atoms with E-state index in [1.165, 1.54) is 18.2 Å². The van der Waals surface area contributed by atoms with E-state index in [9.17, 15) is 13.2 Å². The van der Waals surface area contributed by atoms with E-state index in [-0.39, 0.29) is 18.0 Å². The highest BCUT2D eigenvalue weighted by Crippen LogP contribution is 2.30. The Hall–Kier alpha value is -2.31. The van der Waals surface area contributed by atoms with Gasteiger partial charge in [-0.25, -0.2) is 9.97 Å². The number of nitrogens with one attached hydrogen (secondary N) is 1. The molecule has 1 aromatic heterocycles. The average Bonchev–Trinajstić information content (AvgIpc) is 2.36. The molecular weight excluding hydrogens is 271 g/mol. The van der Waals surface area contributed by atoms with Crippen molar-refractivity contribution in [2.45, 2.75) is 19.8 Å². The summed E-state index contributed by atoms with van der Waals surface area (Å²) in [7, 11) is 0. The first-order chi connectivity index (χ1) is 9.44. The van der Waals surface area contributed by atoms with E-state index in [0.29, 0.717) is 11.5 Å². The molecule has 0 saturated carbocycles. The number of para-hydroxylation sites is 2. The van der Waals surface area contributed by atoms with Crippen LogP contribution in [0.3, 0.4) is 0 Å². The van der Waals surface area contributed by atoms with Gasteiger partial charge in [-0.1, -0.05) is 12.1 Å². The van der Waals surface area contributed by atoms with E-state index in [0.717, 1.165) is 0 Å². The van der Waals surface area contributed by atoms with E-state index in [2.05, 4.69) is 20.0 Å². The molecule has 0 aliphatic rings. The fourth-order valence-electron chi connectivity index (χ4n) is 1.62. The van der Waals surface area contributed by atoms with Crippen LogP contribution in [0.1, 0.15) is 11.5 Å². The van der Waals surface area contributed by atoms with Crippen LogP contribution in [-0.2, 0) is 6.54 Å². The molecule has 0 atom stereocenters. The van der Waals surface area contributed by atoms with Crippen molar-refractivity contribution in [1.82, 2.24) is 9.97 Å².